The van der Waals surface area contributed by atoms with Gasteiger partial charge in [-0.25, -0.2) is 0 Å². The van der Waals surface area contributed by atoms with E-state index in [9.17, 15) is 9.59 Å². The van der Waals surface area contributed by atoms with Gasteiger partial charge in [0.25, 0.3) is 0 Å². The van der Waals surface area contributed by atoms with Crippen molar-refractivity contribution in [2.45, 2.75) is 62.3 Å². The van der Waals surface area contributed by atoms with E-state index in [0.717, 1.165) is 32.4 Å². The molecule has 1 aliphatic carbocycles. The summed E-state index contributed by atoms with van der Waals surface area (Å²) in [5, 5.41) is 0. The lowest BCUT2D eigenvalue weighted by molar-refractivity contribution is -0.163. The minimum absolute atomic E-state index is 0.157. The lowest BCUT2D eigenvalue weighted by Gasteiger charge is -2.50. The molecule has 0 spiro atoms. The molecule has 4 nitrogen and oxygen atoms in total. The Morgan fingerprint density at radius 3 is 2.55 bits per heavy atom. The van der Waals surface area contributed by atoms with Crippen LogP contribution in [0, 0.1) is 0 Å². The molecule has 0 radical (unpaired) electrons. The molecule has 0 N–H and O–H groups in total. The van der Waals surface area contributed by atoms with Crippen molar-refractivity contribution in [3.8, 4) is 0 Å². The van der Waals surface area contributed by atoms with Crippen molar-refractivity contribution in [3.63, 3.8) is 0 Å². The smallest absolute Gasteiger partial charge is 0.246 e. The highest BCUT2D eigenvalue weighted by Crippen LogP contribution is 2.44. The van der Waals surface area contributed by atoms with E-state index in [-0.39, 0.29) is 28.6 Å². The summed E-state index contributed by atoms with van der Waals surface area (Å²) in [5.74, 6) is 0.349. The largest absolute Gasteiger partial charge is 0.329 e. The standard InChI is InChI=1S/C15H24N2O2S/c1-11-13(18)16-9-4-3-6-12(16)14(19)17(11)10-15(20-2)7-5-8-15/h11-12H,3-10H2,1-2H3. The number of carbonyl (C=O) groups is 2. The van der Waals surface area contributed by atoms with E-state index in [0.29, 0.717) is 0 Å². The number of piperidine rings is 1. The predicted octanol–water partition coefficient (Wildman–Crippen LogP) is 1.88. The summed E-state index contributed by atoms with van der Waals surface area (Å²) in [4.78, 5) is 29.0. The van der Waals surface area contributed by atoms with Gasteiger partial charge >= 0.3 is 0 Å². The van der Waals surface area contributed by atoms with Crippen molar-refractivity contribution < 1.29 is 9.59 Å². The van der Waals surface area contributed by atoms with Gasteiger partial charge in [0.1, 0.15) is 12.1 Å². The number of piperazine rings is 1. The first-order valence-corrected chi connectivity index (χ1v) is 8.97. The molecule has 0 aromatic heterocycles. The Labute approximate surface area is 125 Å². The Bertz CT molecular complexity index is 417. The first-order chi connectivity index (χ1) is 9.58. The van der Waals surface area contributed by atoms with Gasteiger partial charge in [-0.15, -0.1) is 0 Å². The molecule has 2 heterocycles. The number of hydrogen-bond donors (Lipinski definition) is 0. The summed E-state index contributed by atoms with van der Waals surface area (Å²) in [5.41, 5.74) is 0. The maximum atomic E-state index is 12.8. The molecule has 2 atom stereocenters. The molecule has 0 aromatic carbocycles. The van der Waals surface area contributed by atoms with Crippen LogP contribution >= 0.6 is 11.8 Å². The summed E-state index contributed by atoms with van der Waals surface area (Å²) in [6.45, 7) is 3.42. The summed E-state index contributed by atoms with van der Waals surface area (Å²) in [7, 11) is 0. The molecule has 112 valence electrons. The van der Waals surface area contributed by atoms with Gasteiger partial charge in [0.2, 0.25) is 11.8 Å². The summed E-state index contributed by atoms with van der Waals surface area (Å²) in [6.07, 6.45) is 8.68. The third-order valence-electron chi connectivity index (χ3n) is 5.34. The molecule has 3 aliphatic rings. The number of hydrogen-bond acceptors (Lipinski definition) is 3. The Morgan fingerprint density at radius 2 is 1.95 bits per heavy atom. The van der Waals surface area contributed by atoms with Crippen LogP contribution < -0.4 is 0 Å². The van der Waals surface area contributed by atoms with Gasteiger partial charge in [-0.3, -0.25) is 9.59 Å². The third kappa shape index (κ3) is 2.14. The quantitative estimate of drug-likeness (QED) is 0.798. The number of fused-ring (bicyclic) bond motifs is 1. The van der Waals surface area contributed by atoms with Gasteiger partial charge in [-0.05, 0) is 45.3 Å². The number of carbonyl (C=O) groups excluding carboxylic acids is 2. The van der Waals surface area contributed by atoms with Crippen LogP contribution in [0.25, 0.3) is 0 Å². The summed E-state index contributed by atoms with van der Waals surface area (Å²) in [6, 6.07) is -0.451. The normalized spacial score (nSPS) is 32.9. The van der Waals surface area contributed by atoms with Crippen molar-refractivity contribution >= 4 is 23.6 Å². The van der Waals surface area contributed by atoms with Crippen molar-refractivity contribution in [1.29, 1.82) is 0 Å². The average Bonchev–Trinajstić information content (AvgIpc) is 2.44. The number of rotatable bonds is 3. The van der Waals surface area contributed by atoms with E-state index in [1.165, 1.54) is 19.3 Å². The maximum Gasteiger partial charge on any atom is 0.246 e. The van der Waals surface area contributed by atoms with Gasteiger partial charge in [-0.2, -0.15) is 11.8 Å². The monoisotopic (exact) mass is 296 g/mol. The molecule has 2 amide bonds. The van der Waals surface area contributed by atoms with E-state index in [4.69, 9.17) is 0 Å². The van der Waals surface area contributed by atoms with Crippen molar-refractivity contribution in [2.75, 3.05) is 19.3 Å². The second-order valence-electron chi connectivity index (χ2n) is 6.43. The molecule has 2 unspecified atom stereocenters. The summed E-state index contributed by atoms with van der Waals surface area (Å²) < 4.78 is 0.209. The van der Waals surface area contributed by atoms with Crippen LogP contribution in [-0.2, 0) is 9.59 Å². The molecule has 3 fully saturated rings. The van der Waals surface area contributed by atoms with Gasteiger partial charge in [-0.1, -0.05) is 6.42 Å². The zero-order valence-corrected chi connectivity index (χ0v) is 13.2. The number of amides is 2. The van der Waals surface area contributed by atoms with Crippen LogP contribution in [-0.4, -0.2) is 57.8 Å². The highest BCUT2D eigenvalue weighted by molar-refractivity contribution is 8.00. The second-order valence-corrected chi connectivity index (χ2v) is 7.70. The van der Waals surface area contributed by atoms with E-state index < -0.39 is 0 Å². The lowest BCUT2D eigenvalue weighted by Crippen LogP contribution is -2.67. The first-order valence-electron chi connectivity index (χ1n) is 7.74. The van der Waals surface area contributed by atoms with Crippen LogP contribution in [0.5, 0.6) is 0 Å². The predicted molar refractivity (Wildman–Crippen MR) is 80.6 cm³/mol. The molecule has 3 rings (SSSR count). The fourth-order valence-corrected chi connectivity index (χ4v) is 4.70. The van der Waals surface area contributed by atoms with E-state index in [1.54, 1.807) is 0 Å². The van der Waals surface area contributed by atoms with Crippen LogP contribution in [0.3, 0.4) is 0 Å². The van der Waals surface area contributed by atoms with Crippen LogP contribution in [0.15, 0.2) is 0 Å². The molecular weight excluding hydrogens is 272 g/mol. The van der Waals surface area contributed by atoms with Gasteiger partial charge < -0.3 is 9.80 Å². The van der Waals surface area contributed by atoms with Crippen LogP contribution in [0.2, 0.25) is 0 Å². The maximum absolute atomic E-state index is 12.8. The molecular formula is C15H24N2O2S. The highest BCUT2D eigenvalue weighted by atomic mass is 32.2. The van der Waals surface area contributed by atoms with Crippen molar-refractivity contribution in [3.05, 3.63) is 0 Å². The number of nitrogens with zero attached hydrogens (tertiary/aromatic N) is 2. The Hall–Kier alpha value is -0.710. The number of thioether (sulfide) groups is 1. The molecule has 0 aromatic rings. The zero-order chi connectivity index (χ0) is 14.3. The van der Waals surface area contributed by atoms with E-state index in [1.807, 2.05) is 28.5 Å². The van der Waals surface area contributed by atoms with Gasteiger partial charge in [0, 0.05) is 17.8 Å². The molecule has 2 aliphatic heterocycles. The minimum atomic E-state index is -0.276. The van der Waals surface area contributed by atoms with E-state index in [2.05, 4.69) is 6.26 Å². The van der Waals surface area contributed by atoms with Gasteiger partial charge in [0.15, 0.2) is 0 Å². The highest BCUT2D eigenvalue weighted by Gasteiger charge is 2.48. The first kappa shape index (κ1) is 14.2. The summed E-state index contributed by atoms with van der Waals surface area (Å²) >= 11 is 1.87. The fourth-order valence-electron chi connectivity index (χ4n) is 3.73. The average molecular weight is 296 g/mol. The topological polar surface area (TPSA) is 40.6 Å². The Balaban J connectivity index is 1.79. The van der Waals surface area contributed by atoms with Crippen LogP contribution in [0.1, 0.15) is 45.4 Å². The molecule has 5 heteroatoms. The minimum Gasteiger partial charge on any atom is -0.329 e. The van der Waals surface area contributed by atoms with Gasteiger partial charge in [0.05, 0.1) is 0 Å². The zero-order valence-electron chi connectivity index (χ0n) is 12.4. The SMILES string of the molecule is CSC1(CN2C(=O)C3CCCCN3C(=O)C2C)CCC1. The third-order valence-corrected chi connectivity index (χ3v) is 6.74. The van der Waals surface area contributed by atoms with Crippen molar-refractivity contribution in [2.24, 2.45) is 0 Å². The lowest BCUT2D eigenvalue weighted by atomic mass is 9.82. The molecule has 2 saturated heterocycles. The molecule has 20 heavy (non-hydrogen) atoms. The Morgan fingerprint density at radius 1 is 1.20 bits per heavy atom. The fraction of sp³-hybridized carbons (Fsp3) is 0.867. The van der Waals surface area contributed by atoms with E-state index >= 15 is 0 Å². The molecule has 1 saturated carbocycles. The van der Waals surface area contributed by atoms with Crippen LogP contribution in [0.4, 0.5) is 0 Å². The van der Waals surface area contributed by atoms with Crippen molar-refractivity contribution in [1.82, 2.24) is 9.80 Å². The Kier molecular flexibility index (Phi) is 3.73. The second kappa shape index (κ2) is 5.24. The molecule has 0 bridgehead atoms.